The highest BCUT2D eigenvalue weighted by molar-refractivity contribution is 6.08. The lowest BCUT2D eigenvalue weighted by Crippen LogP contribution is -2.36. The Hall–Kier alpha value is -2.04. The van der Waals surface area contributed by atoms with E-state index >= 15 is 0 Å². The van der Waals surface area contributed by atoms with Crippen molar-refractivity contribution >= 4 is 17.9 Å². The molecule has 0 saturated carbocycles. The van der Waals surface area contributed by atoms with Crippen molar-refractivity contribution in [2.45, 2.75) is 13.3 Å². The molecule has 5 nitrogen and oxygen atoms in total. The fourth-order valence-corrected chi connectivity index (χ4v) is 1.12. The lowest BCUT2D eigenvalue weighted by Gasteiger charge is -2.16. The van der Waals surface area contributed by atoms with Crippen LogP contribution in [0, 0.1) is 0 Å². The van der Waals surface area contributed by atoms with Gasteiger partial charge in [-0.25, -0.2) is 9.59 Å². The largest absolute Gasteiger partial charge is 0.464 e. The minimum absolute atomic E-state index is 0.204. The normalized spacial score (nSPS) is 9.56. The Morgan fingerprint density at radius 3 is 2.44 bits per heavy atom. The van der Waals surface area contributed by atoms with E-state index in [-0.39, 0.29) is 12.3 Å². The molecule has 0 radical (unpaired) electrons. The number of carbonyl (C=O) groups is 2. The fraction of sp³-hybridized carbons (Fsp3) is 0.273. The summed E-state index contributed by atoms with van der Waals surface area (Å²) in [6.45, 7) is 2.04. The summed E-state index contributed by atoms with van der Waals surface area (Å²) in [6, 6.07) is 8.10. The Morgan fingerprint density at radius 2 is 1.94 bits per heavy atom. The third-order valence-corrected chi connectivity index (χ3v) is 1.82. The molecule has 0 unspecified atom stereocenters. The minimum atomic E-state index is -1.35. The molecule has 0 spiro atoms. The van der Waals surface area contributed by atoms with Gasteiger partial charge in [0, 0.05) is 0 Å². The van der Waals surface area contributed by atoms with E-state index in [1.54, 1.807) is 18.2 Å². The van der Waals surface area contributed by atoms with Gasteiger partial charge in [-0.3, -0.25) is 0 Å². The van der Waals surface area contributed by atoms with Crippen molar-refractivity contribution in [3.63, 3.8) is 0 Å². The molecule has 1 N–H and O–H groups in total. The predicted octanol–water partition coefficient (Wildman–Crippen LogP) is 2.72. The van der Waals surface area contributed by atoms with Crippen molar-refractivity contribution in [2.24, 2.45) is 0 Å². The van der Waals surface area contributed by atoms with Crippen molar-refractivity contribution in [2.75, 3.05) is 11.5 Å². The first-order valence-corrected chi connectivity index (χ1v) is 4.91. The van der Waals surface area contributed by atoms with E-state index in [4.69, 9.17) is 9.84 Å². The number of anilines is 1. The molecular weight excluding hydrogens is 210 g/mol. The van der Waals surface area contributed by atoms with E-state index in [0.29, 0.717) is 11.3 Å². The molecule has 5 heteroatoms. The minimum Gasteiger partial charge on any atom is -0.464 e. The van der Waals surface area contributed by atoms with E-state index in [2.05, 4.69) is 0 Å². The van der Waals surface area contributed by atoms with Crippen molar-refractivity contribution in [3.8, 4) is 0 Å². The van der Waals surface area contributed by atoms with Crippen LogP contribution in [0.5, 0.6) is 0 Å². The van der Waals surface area contributed by atoms with Crippen LogP contribution in [-0.2, 0) is 4.74 Å². The second kappa shape index (κ2) is 5.75. The average Bonchev–Trinajstić information content (AvgIpc) is 2.27. The van der Waals surface area contributed by atoms with Crippen LogP contribution in [0.4, 0.5) is 15.3 Å². The number of hydrogen-bond acceptors (Lipinski definition) is 3. The van der Waals surface area contributed by atoms with Gasteiger partial charge < -0.3 is 9.84 Å². The Morgan fingerprint density at radius 1 is 1.31 bits per heavy atom. The summed E-state index contributed by atoms with van der Waals surface area (Å²) in [5, 5.41) is 8.92. The molecule has 1 aromatic rings. The van der Waals surface area contributed by atoms with Crippen LogP contribution < -0.4 is 4.90 Å². The second-order valence-corrected chi connectivity index (χ2v) is 3.07. The first kappa shape index (κ1) is 12.0. The van der Waals surface area contributed by atoms with Gasteiger partial charge in [-0.05, 0) is 18.6 Å². The van der Waals surface area contributed by atoms with E-state index in [1.807, 2.05) is 6.92 Å². The summed E-state index contributed by atoms with van der Waals surface area (Å²) in [5.74, 6) is 0. The van der Waals surface area contributed by atoms with Crippen LogP contribution in [0.1, 0.15) is 13.3 Å². The highest BCUT2D eigenvalue weighted by atomic mass is 16.6. The van der Waals surface area contributed by atoms with Crippen LogP contribution in [0.3, 0.4) is 0 Å². The third kappa shape index (κ3) is 2.98. The van der Waals surface area contributed by atoms with Crippen molar-refractivity contribution in [1.82, 2.24) is 0 Å². The zero-order valence-electron chi connectivity index (χ0n) is 8.92. The Kier molecular flexibility index (Phi) is 4.32. The molecule has 86 valence electrons. The number of amides is 2. The molecule has 1 aromatic carbocycles. The van der Waals surface area contributed by atoms with Gasteiger partial charge in [0.2, 0.25) is 0 Å². The summed E-state index contributed by atoms with van der Waals surface area (Å²) < 4.78 is 4.78. The first-order chi connectivity index (χ1) is 7.66. The molecule has 2 amide bonds. The number of rotatable bonds is 3. The lowest BCUT2D eigenvalue weighted by molar-refractivity contribution is 0.149. The Labute approximate surface area is 93.2 Å². The monoisotopic (exact) mass is 223 g/mol. The standard InChI is InChI=1S/C11H13NO4/c1-2-8-16-11(15)12(10(13)14)9-6-4-3-5-7-9/h3-7H,2,8H2,1H3,(H,13,14). The van der Waals surface area contributed by atoms with Gasteiger partial charge in [-0.2, -0.15) is 4.90 Å². The molecule has 0 fully saturated rings. The highest BCUT2D eigenvalue weighted by Gasteiger charge is 2.23. The summed E-state index contributed by atoms with van der Waals surface area (Å²) in [4.78, 5) is 23.0. The number of carboxylic acid groups (broad SMARTS) is 1. The van der Waals surface area contributed by atoms with Gasteiger partial charge in [0.25, 0.3) is 0 Å². The molecule has 0 aromatic heterocycles. The van der Waals surface area contributed by atoms with Gasteiger partial charge in [-0.15, -0.1) is 0 Å². The zero-order valence-corrected chi connectivity index (χ0v) is 8.92. The van der Waals surface area contributed by atoms with Gasteiger partial charge in [-0.1, -0.05) is 25.1 Å². The quantitative estimate of drug-likeness (QED) is 0.855. The Bertz CT molecular complexity index is 364. The predicted molar refractivity (Wildman–Crippen MR) is 58.6 cm³/mol. The van der Waals surface area contributed by atoms with Crippen LogP contribution in [0.25, 0.3) is 0 Å². The smallest absolute Gasteiger partial charge is 0.424 e. The number of imide groups is 1. The van der Waals surface area contributed by atoms with Gasteiger partial charge in [0.05, 0.1) is 12.3 Å². The fourth-order valence-electron chi connectivity index (χ4n) is 1.12. The number of carbonyl (C=O) groups excluding carboxylic acids is 1. The van der Waals surface area contributed by atoms with E-state index in [1.165, 1.54) is 12.1 Å². The van der Waals surface area contributed by atoms with Gasteiger partial charge in [0.1, 0.15) is 0 Å². The number of para-hydroxylation sites is 1. The van der Waals surface area contributed by atoms with Crippen molar-refractivity contribution in [3.05, 3.63) is 30.3 Å². The topological polar surface area (TPSA) is 66.8 Å². The van der Waals surface area contributed by atoms with Crippen LogP contribution in [0.15, 0.2) is 30.3 Å². The number of hydrogen-bond donors (Lipinski definition) is 1. The van der Waals surface area contributed by atoms with Gasteiger partial charge in [0.15, 0.2) is 0 Å². The first-order valence-electron chi connectivity index (χ1n) is 4.91. The van der Waals surface area contributed by atoms with Crippen LogP contribution in [-0.4, -0.2) is 23.9 Å². The second-order valence-electron chi connectivity index (χ2n) is 3.07. The van der Waals surface area contributed by atoms with Crippen LogP contribution >= 0.6 is 0 Å². The highest BCUT2D eigenvalue weighted by Crippen LogP contribution is 2.14. The van der Waals surface area contributed by atoms with Crippen molar-refractivity contribution < 1.29 is 19.4 Å². The molecular formula is C11H13NO4. The molecule has 0 saturated heterocycles. The maximum absolute atomic E-state index is 11.5. The number of benzene rings is 1. The molecule has 0 aliphatic carbocycles. The van der Waals surface area contributed by atoms with Crippen LogP contribution in [0.2, 0.25) is 0 Å². The number of ether oxygens (including phenoxy) is 1. The summed E-state index contributed by atoms with van der Waals surface area (Å²) >= 11 is 0. The van der Waals surface area contributed by atoms with E-state index in [9.17, 15) is 9.59 Å². The summed E-state index contributed by atoms with van der Waals surface area (Å²) in [5.41, 5.74) is 0.274. The molecule has 1 rings (SSSR count). The van der Waals surface area contributed by atoms with E-state index in [0.717, 1.165) is 0 Å². The number of nitrogens with zero attached hydrogens (tertiary/aromatic N) is 1. The molecule has 0 atom stereocenters. The van der Waals surface area contributed by atoms with Gasteiger partial charge >= 0.3 is 12.2 Å². The molecule has 0 bridgehead atoms. The molecule has 0 heterocycles. The SMILES string of the molecule is CCCOC(=O)N(C(=O)O)c1ccccc1. The third-order valence-electron chi connectivity index (χ3n) is 1.82. The molecule has 0 aliphatic rings. The molecule has 0 aliphatic heterocycles. The summed E-state index contributed by atoms with van der Waals surface area (Å²) in [7, 11) is 0. The Balaban J connectivity index is 2.84. The zero-order chi connectivity index (χ0) is 12.0. The molecule has 16 heavy (non-hydrogen) atoms. The summed E-state index contributed by atoms with van der Waals surface area (Å²) in [6.07, 6.45) is -1.58. The van der Waals surface area contributed by atoms with Crippen molar-refractivity contribution in [1.29, 1.82) is 0 Å². The van der Waals surface area contributed by atoms with E-state index < -0.39 is 12.2 Å². The average molecular weight is 223 g/mol. The lowest BCUT2D eigenvalue weighted by atomic mass is 10.3. The maximum Gasteiger partial charge on any atom is 0.424 e. The maximum atomic E-state index is 11.5.